The molecule has 0 bridgehead atoms. The van der Waals surface area contributed by atoms with E-state index in [-0.39, 0.29) is 29.6 Å². The number of halogens is 26. The Labute approximate surface area is 215 Å². The van der Waals surface area contributed by atoms with Crippen LogP contribution in [0.4, 0.5) is 114 Å². The van der Waals surface area contributed by atoms with Gasteiger partial charge in [-0.1, -0.05) is 0 Å². The molecular formula is C12F26Na. The van der Waals surface area contributed by atoms with Gasteiger partial charge in [0, 0.05) is 29.6 Å². The predicted molar refractivity (Wildman–Crippen MR) is 67.3 cm³/mol. The Morgan fingerprint density at radius 2 is 0.231 bits per heavy atom. The van der Waals surface area contributed by atoms with Crippen LogP contribution >= 0.6 is 0 Å². The van der Waals surface area contributed by atoms with Crippen molar-refractivity contribution < 1.29 is 114 Å². The molecule has 0 aliphatic heterocycles. The average Bonchev–Trinajstić information content (AvgIpc) is 2.64. The smallest absolute Gasteiger partial charge is 0.192 e. The number of hydrogen-bond donors (Lipinski definition) is 0. The minimum absolute atomic E-state index is 0. The van der Waals surface area contributed by atoms with Crippen LogP contribution in [0.5, 0.6) is 0 Å². The number of alkyl halides is 26. The van der Waals surface area contributed by atoms with Crippen molar-refractivity contribution in [3.05, 3.63) is 0 Å². The zero-order valence-electron chi connectivity index (χ0n) is 16.8. The molecule has 0 amide bonds. The third-order valence-electron chi connectivity index (χ3n) is 4.26. The van der Waals surface area contributed by atoms with Gasteiger partial charge in [0.15, 0.2) is 0 Å². The van der Waals surface area contributed by atoms with Crippen molar-refractivity contribution >= 4 is 29.6 Å². The first-order valence-electron chi connectivity index (χ1n) is 7.66. The Morgan fingerprint density at radius 1 is 0.154 bits per heavy atom. The second-order valence-corrected chi connectivity index (χ2v) is 6.74. The molecule has 0 aliphatic rings. The summed E-state index contributed by atoms with van der Waals surface area (Å²) < 4.78 is 332. The summed E-state index contributed by atoms with van der Waals surface area (Å²) in [5.41, 5.74) is 0. The molecule has 0 saturated heterocycles. The largest absolute Gasteiger partial charge is 0.460 e. The molecule has 0 atom stereocenters. The van der Waals surface area contributed by atoms with Gasteiger partial charge in [-0.05, 0) is 0 Å². The van der Waals surface area contributed by atoms with Crippen LogP contribution in [0.25, 0.3) is 0 Å². The summed E-state index contributed by atoms with van der Waals surface area (Å²) in [4.78, 5) is 0. The van der Waals surface area contributed by atoms with Crippen LogP contribution in [0.1, 0.15) is 0 Å². The normalized spacial score (nSPS) is 16.8. The minimum Gasteiger partial charge on any atom is -0.192 e. The van der Waals surface area contributed by atoms with E-state index in [2.05, 4.69) is 0 Å². The molecule has 231 valence electrons. The average molecular weight is 661 g/mol. The molecule has 0 N–H and O–H groups in total. The van der Waals surface area contributed by atoms with Crippen LogP contribution in [0, 0.1) is 0 Å². The van der Waals surface area contributed by atoms with Gasteiger partial charge in [0.25, 0.3) is 0 Å². The van der Waals surface area contributed by atoms with Crippen LogP contribution in [-0.2, 0) is 0 Å². The summed E-state index contributed by atoms with van der Waals surface area (Å²) in [6, 6.07) is 0. The van der Waals surface area contributed by atoms with Gasteiger partial charge < -0.3 is 0 Å². The summed E-state index contributed by atoms with van der Waals surface area (Å²) in [6.07, 6.45) is -16.4. The van der Waals surface area contributed by atoms with Crippen molar-refractivity contribution in [2.45, 2.75) is 71.6 Å². The number of rotatable bonds is 9. The molecule has 27 heteroatoms. The molecule has 0 spiro atoms. The van der Waals surface area contributed by atoms with Gasteiger partial charge in [0.05, 0.1) is 0 Å². The van der Waals surface area contributed by atoms with Gasteiger partial charge in [-0.3, -0.25) is 0 Å². The van der Waals surface area contributed by atoms with E-state index in [1.807, 2.05) is 0 Å². The van der Waals surface area contributed by atoms with Gasteiger partial charge in [0.1, 0.15) is 0 Å². The van der Waals surface area contributed by atoms with E-state index in [1.54, 1.807) is 0 Å². The fourth-order valence-corrected chi connectivity index (χ4v) is 1.93. The van der Waals surface area contributed by atoms with Crippen molar-refractivity contribution in [2.24, 2.45) is 0 Å². The fraction of sp³-hybridized carbons (Fsp3) is 1.00. The van der Waals surface area contributed by atoms with Crippen LogP contribution < -0.4 is 0 Å². The molecule has 0 aliphatic carbocycles. The minimum atomic E-state index is -9.65. The summed E-state index contributed by atoms with van der Waals surface area (Å²) >= 11 is 0. The summed E-state index contributed by atoms with van der Waals surface area (Å²) in [6.45, 7) is 0. The molecule has 1 radical (unpaired) electrons. The Bertz CT molecular complexity index is 798. The van der Waals surface area contributed by atoms with E-state index >= 15 is 0 Å². The van der Waals surface area contributed by atoms with E-state index in [4.69, 9.17) is 0 Å². The van der Waals surface area contributed by atoms with E-state index < -0.39 is 71.6 Å². The second-order valence-electron chi connectivity index (χ2n) is 6.74. The third kappa shape index (κ3) is 4.77. The van der Waals surface area contributed by atoms with Gasteiger partial charge in [-0.2, -0.15) is 114 Å². The molecule has 0 aromatic heterocycles. The van der Waals surface area contributed by atoms with E-state index in [0.717, 1.165) is 0 Å². The van der Waals surface area contributed by atoms with Gasteiger partial charge in [0.2, 0.25) is 0 Å². The summed E-state index contributed by atoms with van der Waals surface area (Å²) in [5.74, 6) is -92.8. The van der Waals surface area contributed by atoms with Crippen molar-refractivity contribution in [2.75, 3.05) is 0 Å². The molecule has 0 aromatic rings. The van der Waals surface area contributed by atoms with Crippen LogP contribution in [-0.4, -0.2) is 101 Å². The van der Waals surface area contributed by atoms with Gasteiger partial charge in [-0.15, -0.1) is 0 Å². The van der Waals surface area contributed by atoms with Crippen molar-refractivity contribution in [3.8, 4) is 0 Å². The SMILES string of the molecule is FC(F)(F)C(F)(F)C(F)(F)C(F)(F)C(F)(F)C(F)(F)C(F)(F)C(F)(F)C(F)(F)C(F)(F)C(F)(F)C(F)(F)F.[Na]. The quantitative estimate of drug-likeness (QED) is 0.173. The molecule has 0 saturated carbocycles. The fourth-order valence-electron chi connectivity index (χ4n) is 1.93. The molecule has 0 nitrogen and oxygen atoms in total. The monoisotopic (exact) mass is 661 g/mol. The first kappa shape index (κ1) is 40.3. The van der Waals surface area contributed by atoms with Crippen LogP contribution in [0.3, 0.4) is 0 Å². The van der Waals surface area contributed by atoms with Crippen molar-refractivity contribution in [3.63, 3.8) is 0 Å². The Balaban J connectivity index is 0. The molecule has 39 heavy (non-hydrogen) atoms. The molecule has 0 unspecified atom stereocenters. The molecule has 0 rings (SSSR count). The zero-order chi connectivity index (χ0) is 32.0. The predicted octanol–water partition coefficient (Wildman–Crippen LogP) is 8.08. The van der Waals surface area contributed by atoms with E-state index in [9.17, 15) is 114 Å². The van der Waals surface area contributed by atoms with Gasteiger partial charge in [-0.25, -0.2) is 0 Å². The topological polar surface area (TPSA) is 0 Å². The second kappa shape index (κ2) is 9.61. The first-order chi connectivity index (χ1) is 15.8. The Morgan fingerprint density at radius 3 is 0.308 bits per heavy atom. The third-order valence-corrected chi connectivity index (χ3v) is 4.26. The maximum Gasteiger partial charge on any atom is 0.460 e. The van der Waals surface area contributed by atoms with Gasteiger partial charge >= 0.3 is 71.6 Å². The maximum absolute atomic E-state index is 13.3. The van der Waals surface area contributed by atoms with E-state index in [1.165, 1.54) is 0 Å². The Kier molecular flexibility index (Phi) is 9.93. The summed E-state index contributed by atoms with van der Waals surface area (Å²) in [7, 11) is 0. The summed E-state index contributed by atoms with van der Waals surface area (Å²) in [5, 5.41) is 0. The maximum atomic E-state index is 13.3. The zero-order valence-corrected chi connectivity index (χ0v) is 18.8. The molecule has 0 aromatic carbocycles. The Hall–Kier alpha value is -0.820. The van der Waals surface area contributed by atoms with Crippen molar-refractivity contribution in [1.29, 1.82) is 0 Å². The van der Waals surface area contributed by atoms with Crippen LogP contribution in [0.2, 0.25) is 0 Å². The first-order valence-corrected chi connectivity index (χ1v) is 7.66. The van der Waals surface area contributed by atoms with E-state index in [0.29, 0.717) is 0 Å². The number of hydrogen-bond acceptors (Lipinski definition) is 0. The standard InChI is InChI=1S/C12F26.Na/c13-1(14,3(17,18)5(21,22)7(25,26)9(29,30)11(33,34)35)2(15,16)4(19,20)6(23,24)8(27,28)10(31,32)12(36,37)38;. The molecule has 0 heterocycles. The van der Waals surface area contributed by atoms with Crippen molar-refractivity contribution in [1.82, 2.24) is 0 Å². The van der Waals surface area contributed by atoms with Crippen LogP contribution in [0.15, 0.2) is 0 Å². The molecule has 0 fully saturated rings. The molecular weight excluding hydrogens is 661 g/mol.